The minimum atomic E-state index is -0.534. The first-order valence-corrected chi connectivity index (χ1v) is 8.99. The molecule has 2 aromatic heterocycles. The number of furan rings is 1. The first-order chi connectivity index (χ1) is 12.4. The minimum Gasteiger partial charge on any atom is -0.469 e. The Bertz CT molecular complexity index is 956. The van der Waals surface area contributed by atoms with Gasteiger partial charge in [-0.2, -0.15) is 0 Å². The quantitative estimate of drug-likeness (QED) is 0.653. The highest BCUT2D eigenvalue weighted by Gasteiger charge is 2.21. The van der Waals surface area contributed by atoms with E-state index in [2.05, 4.69) is 15.5 Å². The highest BCUT2D eigenvalue weighted by molar-refractivity contribution is 8.00. The Kier molecular flexibility index (Phi) is 5.33. The van der Waals surface area contributed by atoms with Gasteiger partial charge >= 0.3 is 0 Å². The molecule has 0 unspecified atom stereocenters. The number of carbonyl (C=O) groups is 1. The average Bonchev–Trinajstić information content (AvgIpc) is 3.17. The first kappa shape index (κ1) is 18.5. The van der Waals surface area contributed by atoms with Crippen LogP contribution in [0.2, 0.25) is 5.02 Å². The second-order valence-electron chi connectivity index (χ2n) is 5.63. The Morgan fingerprint density at radius 1 is 1.38 bits per heavy atom. The topological polar surface area (TPSA) is 72.9 Å². The normalized spacial score (nSPS) is 12.2. The molecule has 0 saturated heterocycles. The van der Waals surface area contributed by atoms with Gasteiger partial charge in [-0.25, -0.2) is 4.39 Å². The van der Waals surface area contributed by atoms with Crippen LogP contribution in [-0.4, -0.2) is 25.9 Å². The molecule has 0 saturated carbocycles. The van der Waals surface area contributed by atoms with Gasteiger partial charge in [0.2, 0.25) is 5.91 Å². The Morgan fingerprint density at radius 3 is 2.81 bits per heavy atom. The number of amides is 1. The molecule has 1 aromatic carbocycles. The molecule has 0 aliphatic heterocycles. The summed E-state index contributed by atoms with van der Waals surface area (Å²) in [7, 11) is 1.83. The molecule has 0 fully saturated rings. The Hall–Kier alpha value is -2.32. The molecule has 3 aromatic rings. The Labute approximate surface area is 158 Å². The molecule has 0 aliphatic rings. The lowest BCUT2D eigenvalue weighted by atomic mass is 10.2. The second kappa shape index (κ2) is 7.51. The summed E-state index contributed by atoms with van der Waals surface area (Å²) in [6.45, 7) is 3.60. The molecule has 6 nitrogen and oxygen atoms in total. The lowest BCUT2D eigenvalue weighted by Crippen LogP contribution is -2.22. The van der Waals surface area contributed by atoms with Crippen LogP contribution in [-0.2, 0) is 11.8 Å². The second-order valence-corrected chi connectivity index (χ2v) is 7.35. The third-order valence-electron chi connectivity index (χ3n) is 3.77. The zero-order valence-corrected chi connectivity index (χ0v) is 15.9. The van der Waals surface area contributed by atoms with E-state index in [0.717, 1.165) is 11.3 Å². The van der Waals surface area contributed by atoms with E-state index >= 15 is 0 Å². The molecule has 0 spiro atoms. The van der Waals surface area contributed by atoms with E-state index in [0.29, 0.717) is 16.7 Å². The number of aryl methyl sites for hydroxylation is 1. The van der Waals surface area contributed by atoms with Crippen molar-refractivity contribution in [3.63, 3.8) is 0 Å². The van der Waals surface area contributed by atoms with Crippen molar-refractivity contribution < 1.29 is 13.6 Å². The van der Waals surface area contributed by atoms with E-state index in [4.69, 9.17) is 16.0 Å². The molecule has 1 atom stereocenters. The molecule has 2 heterocycles. The van der Waals surface area contributed by atoms with Gasteiger partial charge in [-0.1, -0.05) is 23.4 Å². The van der Waals surface area contributed by atoms with E-state index < -0.39 is 11.1 Å². The Morgan fingerprint density at radius 2 is 2.15 bits per heavy atom. The fourth-order valence-corrected chi connectivity index (χ4v) is 3.29. The van der Waals surface area contributed by atoms with Gasteiger partial charge in [0, 0.05) is 12.7 Å². The van der Waals surface area contributed by atoms with E-state index in [9.17, 15) is 9.18 Å². The SMILES string of the molecule is Cc1occc1-c1nnc(S[C@@H](C)C(=O)Nc2ccc(F)c(Cl)c2)n1C. The maximum atomic E-state index is 13.2. The van der Waals surface area contributed by atoms with E-state index in [1.165, 1.54) is 30.0 Å². The summed E-state index contributed by atoms with van der Waals surface area (Å²) in [5.41, 5.74) is 1.28. The number of anilines is 1. The van der Waals surface area contributed by atoms with Gasteiger partial charge in [0.05, 0.1) is 22.1 Å². The third kappa shape index (κ3) is 3.76. The molecule has 26 heavy (non-hydrogen) atoms. The summed E-state index contributed by atoms with van der Waals surface area (Å²) in [4.78, 5) is 12.4. The van der Waals surface area contributed by atoms with Gasteiger partial charge in [-0.15, -0.1) is 10.2 Å². The number of halogens is 2. The largest absolute Gasteiger partial charge is 0.469 e. The molecule has 3 rings (SSSR count). The van der Waals surface area contributed by atoms with Crippen LogP contribution in [0.4, 0.5) is 10.1 Å². The molecule has 9 heteroatoms. The number of nitrogens with one attached hydrogen (secondary N) is 1. The van der Waals surface area contributed by atoms with Crippen molar-refractivity contribution in [1.82, 2.24) is 14.8 Å². The third-order valence-corrected chi connectivity index (χ3v) is 5.20. The van der Waals surface area contributed by atoms with Crippen molar-refractivity contribution in [2.75, 3.05) is 5.32 Å². The monoisotopic (exact) mass is 394 g/mol. The molecule has 0 aliphatic carbocycles. The van der Waals surface area contributed by atoms with E-state index in [1.54, 1.807) is 17.8 Å². The van der Waals surface area contributed by atoms with Crippen LogP contribution in [0.1, 0.15) is 12.7 Å². The fraction of sp³-hybridized carbons (Fsp3) is 0.235. The number of aromatic nitrogens is 3. The summed E-state index contributed by atoms with van der Waals surface area (Å²) in [5, 5.41) is 11.1. The zero-order chi connectivity index (χ0) is 18.8. The van der Waals surface area contributed by atoms with Crippen LogP contribution in [0, 0.1) is 12.7 Å². The average molecular weight is 395 g/mol. The maximum Gasteiger partial charge on any atom is 0.237 e. The van der Waals surface area contributed by atoms with Gasteiger partial charge < -0.3 is 14.3 Å². The van der Waals surface area contributed by atoms with Crippen LogP contribution in [0.5, 0.6) is 0 Å². The lowest BCUT2D eigenvalue weighted by Gasteiger charge is -2.12. The van der Waals surface area contributed by atoms with Crippen LogP contribution in [0.3, 0.4) is 0 Å². The van der Waals surface area contributed by atoms with Gasteiger partial charge in [-0.05, 0) is 38.1 Å². The highest BCUT2D eigenvalue weighted by Crippen LogP contribution is 2.28. The summed E-state index contributed by atoms with van der Waals surface area (Å²) in [5.74, 6) is 0.627. The predicted molar refractivity (Wildman–Crippen MR) is 98.8 cm³/mol. The van der Waals surface area contributed by atoms with Crippen molar-refractivity contribution in [2.24, 2.45) is 7.05 Å². The number of hydrogen-bond acceptors (Lipinski definition) is 5. The number of carbonyl (C=O) groups excluding carboxylic acids is 1. The van der Waals surface area contributed by atoms with Crippen molar-refractivity contribution in [2.45, 2.75) is 24.3 Å². The smallest absolute Gasteiger partial charge is 0.237 e. The van der Waals surface area contributed by atoms with Crippen LogP contribution in [0.15, 0.2) is 40.1 Å². The molecule has 0 bridgehead atoms. The predicted octanol–water partition coefficient (Wildman–Crippen LogP) is 4.30. The van der Waals surface area contributed by atoms with Gasteiger partial charge in [0.1, 0.15) is 11.6 Å². The molecule has 0 radical (unpaired) electrons. The van der Waals surface area contributed by atoms with Gasteiger partial charge in [0.25, 0.3) is 0 Å². The molecule has 136 valence electrons. The molecular formula is C17H16ClFN4O2S. The summed E-state index contributed by atoms with van der Waals surface area (Å²) in [6, 6.07) is 5.85. The Balaban J connectivity index is 1.70. The van der Waals surface area contributed by atoms with Crippen molar-refractivity contribution in [3.05, 3.63) is 47.1 Å². The van der Waals surface area contributed by atoms with Gasteiger partial charge in [-0.3, -0.25) is 4.79 Å². The molecule has 1 N–H and O–H groups in total. The van der Waals surface area contributed by atoms with Crippen molar-refractivity contribution >= 4 is 35.0 Å². The maximum absolute atomic E-state index is 13.2. The zero-order valence-electron chi connectivity index (χ0n) is 14.3. The lowest BCUT2D eigenvalue weighted by molar-refractivity contribution is -0.115. The summed E-state index contributed by atoms with van der Waals surface area (Å²) >= 11 is 7.00. The van der Waals surface area contributed by atoms with Crippen molar-refractivity contribution in [3.8, 4) is 11.4 Å². The number of rotatable bonds is 5. The number of benzene rings is 1. The van der Waals surface area contributed by atoms with Gasteiger partial charge in [0.15, 0.2) is 11.0 Å². The summed E-state index contributed by atoms with van der Waals surface area (Å²) < 4.78 is 20.3. The van der Waals surface area contributed by atoms with Crippen LogP contribution >= 0.6 is 23.4 Å². The summed E-state index contributed by atoms with van der Waals surface area (Å²) in [6.07, 6.45) is 1.59. The number of hydrogen-bond donors (Lipinski definition) is 1. The van der Waals surface area contributed by atoms with Crippen LogP contribution < -0.4 is 5.32 Å². The molecule has 1 amide bonds. The highest BCUT2D eigenvalue weighted by atomic mass is 35.5. The van der Waals surface area contributed by atoms with Crippen LogP contribution in [0.25, 0.3) is 11.4 Å². The standard InChI is InChI=1S/C17H16ClFN4O2S/c1-9-12(6-7-25-9)15-21-22-17(23(15)3)26-10(2)16(24)20-11-4-5-14(19)13(18)8-11/h4-8,10H,1-3H3,(H,20,24)/t10-/m0/s1. The van der Waals surface area contributed by atoms with E-state index in [-0.39, 0.29) is 10.9 Å². The first-order valence-electron chi connectivity index (χ1n) is 7.73. The number of thioether (sulfide) groups is 1. The van der Waals surface area contributed by atoms with E-state index in [1.807, 2.05) is 20.0 Å². The minimum absolute atomic E-state index is 0.0449. The van der Waals surface area contributed by atoms with Crippen molar-refractivity contribution in [1.29, 1.82) is 0 Å². The fourth-order valence-electron chi connectivity index (χ4n) is 2.30. The molecular weight excluding hydrogens is 379 g/mol. The number of nitrogens with zero attached hydrogens (tertiary/aromatic N) is 3.